The highest BCUT2D eigenvalue weighted by molar-refractivity contribution is 7.18. The van der Waals surface area contributed by atoms with E-state index in [0.717, 1.165) is 46.9 Å². The van der Waals surface area contributed by atoms with Crippen LogP contribution in [0.4, 0.5) is 10.8 Å². The topological polar surface area (TPSA) is 97.1 Å². The Balaban J connectivity index is 0.000000687. The first-order valence-corrected chi connectivity index (χ1v) is 10.7. The molecule has 2 aliphatic heterocycles. The minimum atomic E-state index is 0.250. The summed E-state index contributed by atoms with van der Waals surface area (Å²) in [7, 11) is 1.77. The maximum Gasteiger partial charge on any atom is 0.373 e. The van der Waals surface area contributed by atoms with Gasteiger partial charge in [-0.05, 0) is 30.2 Å². The Morgan fingerprint density at radius 1 is 1.13 bits per heavy atom. The van der Waals surface area contributed by atoms with Gasteiger partial charge in [-0.15, -0.1) is 10.2 Å². The molecule has 5 rings (SSSR count). The van der Waals surface area contributed by atoms with Gasteiger partial charge in [-0.1, -0.05) is 35.1 Å². The van der Waals surface area contributed by atoms with Crippen molar-refractivity contribution in [2.24, 2.45) is 12.5 Å². The number of aryl methyl sites for hydroxylation is 1. The van der Waals surface area contributed by atoms with Gasteiger partial charge in [0.25, 0.3) is 0 Å². The van der Waals surface area contributed by atoms with E-state index in [1.807, 2.05) is 18.3 Å². The second-order valence-electron chi connectivity index (χ2n) is 7.49. The summed E-state index contributed by atoms with van der Waals surface area (Å²) < 4.78 is 0. The molecule has 2 aliphatic rings. The fourth-order valence-corrected chi connectivity index (χ4v) is 5.30. The number of para-hydroxylation sites is 1. The van der Waals surface area contributed by atoms with Crippen molar-refractivity contribution in [2.45, 2.75) is 12.8 Å². The minimum absolute atomic E-state index is 0.250. The molecule has 0 amide bonds. The maximum absolute atomic E-state index is 8.12. The molecule has 1 atom stereocenters. The number of aromatic nitrogens is 5. The molecule has 3 aromatic rings. The highest BCUT2D eigenvalue weighted by Crippen LogP contribution is 2.44. The summed E-state index contributed by atoms with van der Waals surface area (Å²) >= 11 is 8.05. The van der Waals surface area contributed by atoms with E-state index in [1.54, 1.807) is 18.4 Å². The largest absolute Gasteiger partial charge is 0.373 e. The third-order valence-corrected chi connectivity index (χ3v) is 6.94. The summed E-state index contributed by atoms with van der Waals surface area (Å²) in [4.78, 5) is 28.1. The second-order valence-corrected chi connectivity index (χ2v) is 8.90. The molecule has 0 aliphatic carbocycles. The van der Waals surface area contributed by atoms with Crippen LogP contribution >= 0.6 is 22.9 Å². The van der Waals surface area contributed by atoms with Crippen LogP contribution in [0.5, 0.6) is 0 Å². The number of anilines is 2. The molecule has 2 fully saturated rings. The van der Waals surface area contributed by atoms with Crippen molar-refractivity contribution >= 4 is 39.9 Å². The highest BCUT2D eigenvalue weighted by atomic mass is 35.5. The van der Waals surface area contributed by atoms with Crippen LogP contribution in [0.25, 0.3) is 10.7 Å². The van der Waals surface area contributed by atoms with Crippen LogP contribution in [0, 0.1) is 5.41 Å². The zero-order chi connectivity index (χ0) is 21.1. The average molecular weight is 446 g/mol. The molecule has 1 spiro atoms. The lowest BCUT2D eigenvalue weighted by atomic mass is 9.86. The normalized spacial score (nSPS) is 20.3. The second kappa shape index (κ2) is 8.51. The van der Waals surface area contributed by atoms with Crippen molar-refractivity contribution in [1.29, 1.82) is 0 Å². The van der Waals surface area contributed by atoms with Gasteiger partial charge in [-0.25, -0.2) is 4.98 Å². The quantitative estimate of drug-likeness (QED) is 0.606. The Labute approximate surface area is 182 Å². The number of nitrogens with zero attached hydrogens (tertiary/aromatic N) is 7. The minimum Gasteiger partial charge on any atom is -0.370 e. The van der Waals surface area contributed by atoms with E-state index in [-0.39, 0.29) is 6.15 Å². The summed E-state index contributed by atoms with van der Waals surface area (Å²) in [6.45, 7) is 4.19. The van der Waals surface area contributed by atoms with Crippen molar-refractivity contribution in [3.05, 3.63) is 35.5 Å². The molecule has 0 bridgehead atoms. The number of thiazole rings is 1. The number of hydrogen-bond acceptors (Lipinski definition) is 9. The molecule has 0 N–H and O–H groups in total. The van der Waals surface area contributed by atoms with Crippen molar-refractivity contribution in [3.63, 3.8) is 0 Å². The fraction of sp³-hybridized carbons (Fsp3) is 0.421. The SMILES string of the molecule is Cn1nnc(-c2cnc(N3CCC4(CCN(c5ccccc5Cl)C4)C3)s2)n1.O=C=O. The van der Waals surface area contributed by atoms with Gasteiger partial charge in [0.2, 0.25) is 5.82 Å². The summed E-state index contributed by atoms with van der Waals surface area (Å²) in [5.41, 5.74) is 1.47. The monoisotopic (exact) mass is 445 g/mol. The molecule has 9 nitrogen and oxygen atoms in total. The van der Waals surface area contributed by atoms with E-state index in [0.29, 0.717) is 11.2 Å². The summed E-state index contributed by atoms with van der Waals surface area (Å²) in [6, 6.07) is 8.14. The standard InChI is InChI=1S/C18H20ClN7S.CO2/c1-24-22-16(21-23-24)15-10-20-17(27-15)26-9-7-18(12-26)6-8-25(11-18)14-5-3-2-4-13(14)19;2-1-3/h2-5,10H,6-9,11-12H2,1H3;. The van der Waals surface area contributed by atoms with Crippen LogP contribution < -0.4 is 9.80 Å². The van der Waals surface area contributed by atoms with Crippen molar-refractivity contribution in [2.75, 3.05) is 36.0 Å². The summed E-state index contributed by atoms with van der Waals surface area (Å²) in [5.74, 6) is 0.640. The Morgan fingerprint density at radius 2 is 1.83 bits per heavy atom. The smallest absolute Gasteiger partial charge is 0.370 e. The average Bonchev–Trinajstić information content (AvgIpc) is 3.51. The lowest BCUT2D eigenvalue weighted by Crippen LogP contribution is -2.30. The van der Waals surface area contributed by atoms with E-state index in [4.69, 9.17) is 21.2 Å². The van der Waals surface area contributed by atoms with Gasteiger partial charge in [0.05, 0.1) is 28.8 Å². The molecule has 1 unspecified atom stereocenters. The zero-order valence-electron chi connectivity index (χ0n) is 16.4. The molecule has 11 heteroatoms. The number of benzene rings is 1. The lowest BCUT2D eigenvalue weighted by Gasteiger charge is -2.26. The molecule has 0 saturated carbocycles. The molecular weight excluding hydrogens is 426 g/mol. The first kappa shape index (κ1) is 20.5. The van der Waals surface area contributed by atoms with Gasteiger partial charge >= 0.3 is 6.15 Å². The van der Waals surface area contributed by atoms with Crippen LogP contribution in [-0.2, 0) is 16.6 Å². The summed E-state index contributed by atoms with van der Waals surface area (Å²) in [6.07, 6.45) is 4.48. The molecule has 2 aromatic heterocycles. The van der Waals surface area contributed by atoms with Crippen molar-refractivity contribution in [3.8, 4) is 10.7 Å². The lowest BCUT2D eigenvalue weighted by molar-refractivity contribution is -0.191. The molecule has 156 valence electrons. The molecule has 0 radical (unpaired) electrons. The Hall–Kier alpha value is -2.81. The summed E-state index contributed by atoms with van der Waals surface area (Å²) in [5, 5.41) is 14.1. The Morgan fingerprint density at radius 3 is 2.53 bits per heavy atom. The molecular formula is C19H20ClN7O2S. The number of tetrazole rings is 1. The fourth-order valence-electron chi connectivity index (χ4n) is 4.18. The maximum atomic E-state index is 8.12. The van der Waals surface area contributed by atoms with E-state index < -0.39 is 0 Å². The van der Waals surface area contributed by atoms with E-state index in [1.165, 1.54) is 17.6 Å². The first-order valence-electron chi connectivity index (χ1n) is 9.47. The Bertz CT molecular complexity index is 1060. The zero-order valence-corrected chi connectivity index (χ0v) is 17.9. The highest BCUT2D eigenvalue weighted by Gasteiger charge is 2.44. The van der Waals surface area contributed by atoms with Crippen LogP contribution in [-0.4, -0.2) is 57.5 Å². The van der Waals surface area contributed by atoms with Gasteiger partial charge < -0.3 is 9.80 Å². The van der Waals surface area contributed by atoms with Gasteiger partial charge in [0, 0.05) is 31.6 Å². The van der Waals surface area contributed by atoms with Crippen LogP contribution in [0.1, 0.15) is 12.8 Å². The molecule has 1 aromatic carbocycles. The first-order chi connectivity index (χ1) is 14.5. The van der Waals surface area contributed by atoms with E-state index in [9.17, 15) is 0 Å². The van der Waals surface area contributed by atoms with E-state index >= 15 is 0 Å². The molecule has 2 saturated heterocycles. The predicted octanol–water partition coefficient (Wildman–Crippen LogP) is 2.51. The number of hydrogen-bond donors (Lipinski definition) is 0. The number of halogens is 1. The van der Waals surface area contributed by atoms with Crippen LogP contribution in [0.15, 0.2) is 30.5 Å². The van der Waals surface area contributed by atoms with Gasteiger partial charge in [-0.3, -0.25) is 0 Å². The van der Waals surface area contributed by atoms with Crippen LogP contribution in [0.3, 0.4) is 0 Å². The van der Waals surface area contributed by atoms with Crippen molar-refractivity contribution in [1.82, 2.24) is 25.2 Å². The van der Waals surface area contributed by atoms with Gasteiger partial charge in [0.15, 0.2) is 5.13 Å². The Kier molecular flexibility index (Phi) is 5.80. The van der Waals surface area contributed by atoms with Gasteiger partial charge in [-0.2, -0.15) is 14.4 Å². The predicted molar refractivity (Wildman–Crippen MR) is 112 cm³/mol. The van der Waals surface area contributed by atoms with Crippen LogP contribution in [0.2, 0.25) is 5.02 Å². The molecule has 4 heterocycles. The number of carbonyl (C=O) groups excluding carboxylic acids is 2. The third kappa shape index (κ3) is 4.07. The number of rotatable bonds is 3. The van der Waals surface area contributed by atoms with Gasteiger partial charge in [0.1, 0.15) is 0 Å². The van der Waals surface area contributed by atoms with E-state index in [2.05, 4.69) is 42.3 Å². The third-order valence-electron chi connectivity index (χ3n) is 5.56. The van der Waals surface area contributed by atoms with Crippen molar-refractivity contribution < 1.29 is 9.59 Å². The molecule has 30 heavy (non-hydrogen) atoms.